The molecule has 17 heavy (non-hydrogen) atoms. The molecule has 0 aromatic carbocycles. The molecule has 4 nitrogen and oxygen atoms in total. The molecular weight excluding hydrogens is 248 g/mol. The third-order valence-electron chi connectivity index (χ3n) is 2.06. The lowest BCUT2D eigenvalue weighted by Crippen LogP contribution is -2.45. The van der Waals surface area contributed by atoms with Crippen molar-refractivity contribution in [2.75, 3.05) is 6.79 Å². The van der Waals surface area contributed by atoms with Gasteiger partial charge in [-0.3, -0.25) is 9.59 Å². The molecular formula is C9H12F4O4. The van der Waals surface area contributed by atoms with Gasteiger partial charge in [-0.25, -0.2) is 8.78 Å². The Hall–Kier alpha value is -1.02. The molecule has 0 aromatic heterocycles. The van der Waals surface area contributed by atoms with Crippen LogP contribution in [0.1, 0.15) is 20.8 Å². The Morgan fingerprint density at radius 2 is 1.53 bits per heavy atom. The average molecular weight is 260 g/mol. The van der Waals surface area contributed by atoms with E-state index >= 15 is 0 Å². The summed E-state index contributed by atoms with van der Waals surface area (Å²) in [6.45, 7) is 1.54. The highest BCUT2D eigenvalue weighted by atomic mass is 19.3. The summed E-state index contributed by atoms with van der Waals surface area (Å²) in [6.07, 6.45) is -3.42. The van der Waals surface area contributed by atoms with Crippen molar-refractivity contribution in [2.45, 2.75) is 38.4 Å². The lowest BCUT2D eigenvalue weighted by Gasteiger charge is -2.26. The summed E-state index contributed by atoms with van der Waals surface area (Å²) in [7, 11) is 0. The number of carbonyl (C=O) groups is 2. The zero-order valence-corrected chi connectivity index (χ0v) is 9.43. The van der Waals surface area contributed by atoms with E-state index in [9.17, 15) is 27.2 Å². The molecule has 0 aliphatic heterocycles. The Kier molecular flexibility index (Phi) is 5.21. The van der Waals surface area contributed by atoms with Crippen LogP contribution in [-0.4, -0.2) is 36.5 Å². The topological polar surface area (TPSA) is 52.6 Å². The van der Waals surface area contributed by atoms with E-state index in [1.807, 2.05) is 0 Å². The molecule has 0 heterocycles. The van der Waals surface area contributed by atoms with Gasteiger partial charge in [0.2, 0.25) is 5.60 Å². The third kappa shape index (κ3) is 4.04. The number of rotatable bonds is 7. The van der Waals surface area contributed by atoms with E-state index < -0.39 is 36.5 Å². The van der Waals surface area contributed by atoms with Gasteiger partial charge in [0, 0.05) is 0 Å². The average Bonchev–Trinajstić information content (AvgIpc) is 2.16. The van der Waals surface area contributed by atoms with Gasteiger partial charge in [-0.15, -0.1) is 0 Å². The van der Waals surface area contributed by atoms with Crippen LogP contribution >= 0.6 is 0 Å². The summed E-state index contributed by atoms with van der Waals surface area (Å²) in [6, 6.07) is -4.24. The van der Waals surface area contributed by atoms with E-state index in [4.69, 9.17) is 0 Å². The SMILES string of the molecule is CC(C)(OCOC(C)(C(=O)F)C(F)F)C(=O)F. The van der Waals surface area contributed by atoms with Gasteiger partial charge < -0.3 is 9.47 Å². The molecule has 8 heteroatoms. The molecule has 100 valence electrons. The fourth-order valence-corrected chi connectivity index (χ4v) is 0.561. The van der Waals surface area contributed by atoms with E-state index in [-0.39, 0.29) is 0 Å². The van der Waals surface area contributed by atoms with Gasteiger partial charge in [-0.1, -0.05) is 0 Å². The standard InChI is InChI=1S/C9H12F4O4/c1-8(2,6(12)14)16-4-17-9(3,5(10)11)7(13)15/h5H,4H2,1-3H3. The summed E-state index contributed by atoms with van der Waals surface area (Å²) in [4.78, 5) is 20.7. The third-order valence-corrected chi connectivity index (χ3v) is 2.06. The molecule has 1 atom stereocenters. The Balaban J connectivity index is 4.46. The Morgan fingerprint density at radius 3 is 1.82 bits per heavy atom. The summed E-state index contributed by atoms with van der Waals surface area (Å²) in [5.41, 5.74) is -4.90. The first kappa shape index (κ1) is 16.0. The zero-order valence-electron chi connectivity index (χ0n) is 9.43. The van der Waals surface area contributed by atoms with Gasteiger partial charge >= 0.3 is 12.1 Å². The molecule has 0 saturated heterocycles. The van der Waals surface area contributed by atoms with Crippen molar-refractivity contribution in [1.29, 1.82) is 0 Å². The van der Waals surface area contributed by atoms with Gasteiger partial charge in [-0.05, 0) is 20.8 Å². The highest BCUT2D eigenvalue weighted by molar-refractivity contribution is 5.78. The smallest absolute Gasteiger partial charge is 0.338 e. The molecule has 0 amide bonds. The van der Waals surface area contributed by atoms with E-state index in [1.54, 1.807) is 0 Å². The molecule has 0 N–H and O–H groups in total. The fourth-order valence-electron chi connectivity index (χ4n) is 0.561. The van der Waals surface area contributed by atoms with Crippen LogP contribution in [0.2, 0.25) is 0 Å². The first-order valence-corrected chi connectivity index (χ1v) is 4.50. The maximum absolute atomic E-state index is 12.3. The van der Waals surface area contributed by atoms with Crippen LogP contribution in [0.15, 0.2) is 0 Å². The molecule has 0 aliphatic rings. The lowest BCUT2D eigenvalue weighted by molar-refractivity contribution is -0.221. The first-order chi connectivity index (χ1) is 7.54. The molecule has 0 spiro atoms. The number of alkyl halides is 2. The highest BCUT2D eigenvalue weighted by Gasteiger charge is 2.45. The van der Waals surface area contributed by atoms with Crippen LogP contribution < -0.4 is 0 Å². The van der Waals surface area contributed by atoms with Crippen molar-refractivity contribution in [3.8, 4) is 0 Å². The molecule has 0 rings (SSSR count). The van der Waals surface area contributed by atoms with Gasteiger partial charge in [0.25, 0.3) is 6.43 Å². The normalized spacial score (nSPS) is 15.8. The highest BCUT2D eigenvalue weighted by Crippen LogP contribution is 2.23. The Labute approximate surface area is 94.9 Å². The van der Waals surface area contributed by atoms with Crippen LogP contribution in [0.3, 0.4) is 0 Å². The van der Waals surface area contributed by atoms with E-state index in [1.165, 1.54) is 0 Å². The first-order valence-electron chi connectivity index (χ1n) is 4.50. The van der Waals surface area contributed by atoms with Gasteiger partial charge in [0.1, 0.15) is 6.79 Å². The summed E-state index contributed by atoms with van der Waals surface area (Å²) < 4.78 is 58.0. The molecule has 1 unspecified atom stereocenters. The molecule has 0 aliphatic carbocycles. The number of hydrogen-bond acceptors (Lipinski definition) is 4. The lowest BCUT2D eigenvalue weighted by atomic mass is 10.1. The second-order valence-electron chi connectivity index (χ2n) is 3.87. The van der Waals surface area contributed by atoms with Crippen molar-refractivity contribution >= 4 is 12.1 Å². The van der Waals surface area contributed by atoms with Crippen LogP contribution in [0.5, 0.6) is 0 Å². The van der Waals surface area contributed by atoms with E-state index in [2.05, 4.69) is 9.47 Å². The van der Waals surface area contributed by atoms with Crippen molar-refractivity contribution in [1.82, 2.24) is 0 Å². The van der Waals surface area contributed by atoms with Crippen LogP contribution in [0.25, 0.3) is 0 Å². The van der Waals surface area contributed by atoms with Crippen molar-refractivity contribution in [3.63, 3.8) is 0 Å². The maximum atomic E-state index is 12.3. The maximum Gasteiger partial charge on any atom is 0.338 e. The minimum Gasteiger partial charge on any atom is -0.339 e. The zero-order chi connectivity index (χ0) is 13.9. The number of ether oxygens (including phenoxy) is 2. The quantitative estimate of drug-likeness (QED) is 0.397. The summed E-state index contributed by atoms with van der Waals surface area (Å²) in [5.74, 6) is 0. The van der Waals surface area contributed by atoms with Crippen LogP contribution in [0, 0.1) is 0 Å². The Morgan fingerprint density at radius 1 is 1.06 bits per heavy atom. The van der Waals surface area contributed by atoms with E-state index in [0.717, 1.165) is 13.8 Å². The van der Waals surface area contributed by atoms with Crippen molar-refractivity contribution < 1.29 is 36.6 Å². The molecule has 0 saturated carbocycles. The monoisotopic (exact) mass is 260 g/mol. The number of halogens is 4. The minimum atomic E-state index is -3.42. The predicted octanol–water partition coefficient (Wildman–Crippen LogP) is 1.77. The largest absolute Gasteiger partial charge is 0.339 e. The summed E-state index contributed by atoms with van der Waals surface area (Å²) in [5, 5.41) is 0. The minimum absolute atomic E-state index is 0.521. The predicted molar refractivity (Wildman–Crippen MR) is 47.8 cm³/mol. The van der Waals surface area contributed by atoms with Gasteiger partial charge in [0.05, 0.1) is 0 Å². The van der Waals surface area contributed by atoms with Crippen molar-refractivity contribution in [2.24, 2.45) is 0 Å². The second-order valence-corrected chi connectivity index (χ2v) is 3.87. The number of hydrogen-bond donors (Lipinski definition) is 0. The van der Waals surface area contributed by atoms with Crippen LogP contribution in [0.4, 0.5) is 17.6 Å². The van der Waals surface area contributed by atoms with Gasteiger partial charge in [0.15, 0.2) is 5.60 Å². The molecule has 0 bridgehead atoms. The summed E-state index contributed by atoms with van der Waals surface area (Å²) >= 11 is 0. The fraction of sp³-hybridized carbons (Fsp3) is 0.778. The molecule has 0 aromatic rings. The molecule has 0 fully saturated rings. The number of carbonyl (C=O) groups excluding carboxylic acids is 2. The molecule has 0 radical (unpaired) electrons. The second kappa shape index (κ2) is 5.54. The van der Waals surface area contributed by atoms with E-state index in [0.29, 0.717) is 6.92 Å². The van der Waals surface area contributed by atoms with Gasteiger partial charge in [-0.2, -0.15) is 8.78 Å². The van der Waals surface area contributed by atoms with Crippen LogP contribution in [-0.2, 0) is 19.1 Å². The Bertz CT molecular complexity index is 305. The van der Waals surface area contributed by atoms with Crippen molar-refractivity contribution in [3.05, 3.63) is 0 Å².